The van der Waals surface area contributed by atoms with Crippen molar-refractivity contribution in [2.45, 2.75) is 38.8 Å². The van der Waals surface area contributed by atoms with E-state index in [9.17, 15) is 5.11 Å². The lowest BCUT2D eigenvalue weighted by Crippen LogP contribution is -2.36. The lowest BCUT2D eigenvalue weighted by atomic mass is 9.76. The maximum Gasteiger partial charge on any atom is 0.115 e. The van der Waals surface area contributed by atoms with Crippen molar-refractivity contribution < 1.29 is 9.84 Å². The molecular formula is C20H23NO2. The molecule has 2 aliphatic heterocycles. The van der Waals surface area contributed by atoms with Crippen LogP contribution in [-0.4, -0.2) is 11.7 Å². The van der Waals surface area contributed by atoms with E-state index in [0.717, 1.165) is 25.0 Å². The highest BCUT2D eigenvalue weighted by Crippen LogP contribution is 2.50. The third kappa shape index (κ3) is 2.49. The maximum absolute atomic E-state index is 9.87. The van der Waals surface area contributed by atoms with Gasteiger partial charge >= 0.3 is 0 Å². The molecule has 1 fully saturated rings. The summed E-state index contributed by atoms with van der Waals surface area (Å²) in [6.07, 6.45) is 2.38. The Morgan fingerprint density at radius 3 is 2.87 bits per heavy atom. The molecule has 0 amide bonds. The Bertz CT molecular complexity index is 740. The molecule has 0 aliphatic carbocycles. The lowest BCUT2D eigenvalue weighted by molar-refractivity contribution is -0.0382. The number of benzene rings is 2. The molecule has 0 bridgehead atoms. The Kier molecular flexibility index (Phi) is 3.53. The molecule has 2 aromatic rings. The number of aromatic hydroxyl groups is 1. The van der Waals surface area contributed by atoms with Crippen LogP contribution >= 0.6 is 0 Å². The van der Waals surface area contributed by atoms with Crippen molar-refractivity contribution in [2.75, 3.05) is 11.9 Å². The second-order valence-corrected chi connectivity index (χ2v) is 6.86. The van der Waals surface area contributed by atoms with E-state index in [1.807, 2.05) is 12.1 Å². The minimum atomic E-state index is 0.144. The fourth-order valence-electron chi connectivity index (χ4n) is 4.20. The quantitative estimate of drug-likeness (QED) is 0.806. The van der Waals surface area contributed by atoms with Crippen molar-refractivity contribution >= 4 is 5.69 Å². The van der Waals surface area contributed by atoms with Crippen LogP contribution in [0.15, 0.2) is 36.4 Å². The molecule has 0 saturated carbocycles. The summed E-state index contributed by atoms with van der Waals surface area (Å²) in [4.78, 5) is 0. The van der Waals surface area contributed by atoms with Gasteiger partial charge in [0.25, 0.3) is 0 Å². The van der Waals surface area contributed by atoms with E-state index in [0.29, 0.717) is 11.7 Å². The standard InChI is InChI=1S/C20H23NO2/c1-12-9-13(2)18-17(10-12)20-16(7-4-8-23-20)19(21-18)14-5-3-6-15(22)11-14/h3,5-6,9-11,16,19-22H,4,7-8H2,1-2H3/t16-,19+,20-/m0/s1. The molecule has 0 unspecified atom stereocenters. The van der Waals surface area contributed by atoms with Gasteiger partial charge in [0.1, 0.15) is 5.75 Å². The van der Waals surface area contributed by atoms with E-state index in [1.54, 1.807) is 6.07 Å². The average molecular weight is 309 g/mol. The van der Waals surface area contributed by atoms with Gasteiger partial charge in [-0.15, -0.1) is 0 Å². The van der Waals surface area contributed by atoms with Gasteiger partial charge in [0.05, 0.1) is 12.1 Å². The summed E-state index contributed by atoms with van der Waals surface area (Å²) in [5.74, 6) is 0.725. The molecule has 2 aliphatic rings. The minimum absolute atomic E-state index is 0.144. The molecule has 2 heterocycles. The van der Waals surface area contributed by atoms with Gasteiger partial charge < -0.3 is 15.2 Å². The van der Waals surface area contributed by atoms with Crippen LogP contribution in [0.5, 0.6) is 5.75 Å². The molecule has 23 heavy (non-hydrogen) atoms. The summed E-state index contributed by atoms with van der Waals surface area (Å²) >= 11 is 0. The maximum atomic E-state index is 9.87. The van der Waals surface area contributed by atoms with Crippen molar-refractivity contribution in [1.29, 1.82) is 0 Å². The number of nitrogens with one attached hydrogen (secondary N) is 1. The van der Waals surface area contributed by atoms with Crippen LogP contribution in [0.2, 0.25) is 0 Å². The number of rotatable bonds is 1. The highest BCUT2D eigenvalue weighted by atomic mass is 16.5. The molecule has 120 valence electrons. The lowest BCUT2D eigenvalue weighted by Gasteiger charge is -2.44. The fourth-order valence-corrected chi connectivity index (χ4v) is 4.20. The van der Waals surface area contributed by atoms with Crippen molar-refractivity contribution in [2.24, 2.45) is 5.92 Å². The first-order chi connectivity index (χ1) is 11.1. The summed E-state index contributed by atoms with van der Waals surface area (Å²) in [7, 11) is 0. The van der Waals surface area contributed by atoms with Gasteiger partial charge in [0.2, 0.25) is 0 Å². The summed E-state index contributed by atoms with van der Waals surface area (Å²) in [6, 6.07) is 12.3. The van der Waals surface area contributed by atoms with Crippen LogP contribution in [0.1, 0.15) is 47.2 Å². The number of phenols is 1. The van der Waals surface area contributed by atoms with Gasteiger partial charge in [0.15, 0.2) is 0 Å². The zero-order chi connectivity index (χ0) is 16.0. The van der Waals surface area contributed by atoms with Crippen LogP contribution in [0.3, 0.4) is 0 Å². The molecule has 2 aromatic carbocycles. The van der Waals surface area contributed by atoms with Crippen LogP contribution in [0.25, 0.3) is 0 Å². The number of fused-ring (bicyclic) bond motifs is 3. The molecule has 0 spiro atoms. The Hall–Kier alpha value is -2.00. The Balaban J connectivity index is 1.83. The monoisotopic (exact) mass is 309 g/mol. The van der Waals surface area contributed by atoms with Crippen molar-refractivity contribution in [3.8, 4) is 5.75 Å². The highest BCUT2D eigenvalue weighted by Gasteiger charge is 2.40. The van der Waals surface area contributed by atoms with Crippen molar-refractivity contribution in [3.05, 3.63) is 58.7 Å². The topological polar surface area (TPSA) is 41.5 Å². The third-order valence-electron chi connectivity index (χ3n) is 5.14. The molecule has 3 heteroatoms. The van der Waals surface area contributed by atoms with E-state index < -0.39 is 0 Å². The number of ether oxygens (including phenoxy) is 1. The summed E-state index contributed by atoms with van der Waals surface area (Å²) in [5.41, 5.74) is 6.18. The number of anilines is 1. The van der Waals surface area contributed by atoms with Crippen LogP contribution in [0.4, 0.5) is 5.69 Å². The third-order valence-corrected chi connectivity index (χ3v) is 5.14. The summed E-state index contributed by atoms with van der Waals surface area (Å²) in [6.45, 7) is 5.13. The smallest absolute Gasteiger partial charge is 0.115 e. The van der Waals surface area contributed by atoms with Crippen LogP contribution in [-0.2, 0) is 4.74 Å². The second-order valence-electron chi connectivity index (χ2n) is 6.86. The molecular weight excluding hydrogens is 286 g/mol. The molecule has 3 nitrogen and oxygen atoms in total. The summed E-state index contributed by atoms with van der Waals surface area (Å²) < 4.78 is 6.20. The van der Waals surface area contributed by atoms with E-state index in [2.05, 4.69) is 37.4 Å². The Morgan fingerprint density at radius 1 is 1.17 bits per heavy atom. The SMILES string of the molecule is Cc1cc(C)c2c(c1)[C@H]1OCCC[C@H]1[C@@H](c1cccc(O)c1)N2. The second kappa shape index (κ2) is 5.57. The Morgan fingerprint density at radius 2 is 2.04 bits per heavy atom. The summed E-state index contributed by atoms with van der Waals surface area (Å²) in [5, 5.41) is 13.6. The number of hydrogen-bond donors (Lipinski definition) is 2. The van der Waals surface area contributed by atoms with E-state index in [1.165, 1.54) is 22.4 Å². The average Bonchev–Trinajstić information content (AvgIpc) is 2.54. The largest absolute Gasteiger partial charge is 0.508 e. The normalized spacial score (nSPS) is 26.1. The van der Waals surface area contributed by atoms with Gasteiger partial charge in [-0.3, -0.25) is 0 Å². The molecule has 2 N–H and O–H groups in total. The molecule has 0 aromatic heterocycles. The molecule has 0 radical (unpaired) electrons. The first-order valence-corrected chi connectivity index (χ1v) is 8.41. The van der Waals surface area contributed by atoms with Crippen molar-refractivity contribution in [1.82, 2.24) is 0 Å². The van der Waals surface area contributed by atoms with E-state index >= 15 is 0 Å². The van der Waals surface area contributed by atoms with Crippen LogP contribution < -0.4 is 5.32 Å². The minimum Gasteiger partial charge on any atom is -0.508 e. The van der Waals surface area contributed by atoms with Gasteiger partial charge in [0, 0.05) is 23.8 Å². The zero-order valence-electron chi connectivity index (χ0n) is 13.7. The highest BCUT2D eigenvalue weighted by molar-refractivity contribution is 5.63. The predicted molar refractivity (Wildman–Crippen MR) is 91.8 cm³/mol. The zero-order valence-corrected chi connectivity index (χ0v) is 13.7. The van der Waals surface area contributed by atoms with Gasteiger partial charge in [-0.1, -0.05) is 29.8 Å². The predicted octanol–water partition coefficient (Wildman–Crippen LogP) is 4.64. The fraction of sp³-hybridized carbons (Fsp3) is 0.400. The van der Waals surface area contributed by atoms with Crippen molar-refractivity contribution in [3.63, 3.8) is 0 Å². The van der Waals surface area contributed by atoms with Gasteiger partial charge in [-0.2, -0.15) is 0 Å². The van der Waals surface area contributed by atoms with Gasteiger partial charge in [-0.05, 0) is 49.9 Å². The first kappa shape index (κ1) is 14.6. The van der Waals surface area contributed by atoms with Gasteiger partial charge in [-0.25, -0.2) is 0 Å². The number of hydrogen-bond acceptors (Lipinski definition) is 3. The van der Waals surface area contributed by atoms with E-state index in [-0.39, 0.29) is 12.1 Å². The first-order valence-electron chi connectivity index (χ1n) is 8.41. The number of phenolic OH excluding ortho intramolecular Hbond substituents is 1. The number of aryl methyl sites for hydroxylation is 2. The van der Waals surface area contributed by atoms with E-state index in [4.69, 9.17) is 4.74 Å². The Labute approximate surface area is 137 Å². The molecule has 1 saturated heterocycles. The van der Waals surface area contributed by atoms with Crippen LogP contribution in [0, 0.1) is 19.8 Å². The molecule has 3 atom stereocenters. The molecule has 4 rings (SSSR count).